The van der Waals surface area contributed by atoms with Gasteiger partial charge in [-0.3, -0.25) is 4.79 Å². The van der Waals surface area contributed by atoms with Gasteiger partial charge >= 0.3 is 12.0 Å². The van der Waals surface area contributed by atoms with E-state index in [4.69, 9.17) is 16.7 Å². The van der Waals surface area contributed by atoms with Crippen LogP contribution in [0.3, 0.4) is 0 Å². The lowest BCUT2D eigenvalue weighted by Crippen LogP contribution is -2.39. The van der Waals surface area contributed by atoms with E-state index in [2.05, 4.69) is 21.2 Å². The van der Waals surface area contributed by atoms with Gasteiger partial charge < -0.3 is 15.3 Å². The quantitative estimate of drug-likeness (QED) is 0.855. The number of aliphatic carboxylic acids is 1. The molecule has 5 nitrogen and oxygen atoms in total. The number of hydrogen-bond acceptors (Lipinski definition) is 2. The maximum atomic E-state index is 12.0. The molecule has 0 heterocycles. The van der Waals surface area contributed by atoms with E-state index in [9.17, 15) is 9.59 Å². The standard InChI is InChI=1S/C12H14BrClN2O3/c1-2-5-16(7-11(17)18)12(19)15-10-6-8(13)3-4-9(10)14/h3-4,6H,2,5,7H2,1H3,(H,15,19)(H,17,18). The van der Waals surface area contributed by atoms with Crippen molar-refractivity contribution in [1.29, 1.82) is 0 Å². The lowest BCUT2D eigenvalue weighted by Gasteiger charge is -2.20. The molecule has 2 N–H and O–H groups in total. The van der Waals surface area contributed by atoms with E-state index in [1.165, 1.54) is 4.90 Å². The Morgan fingerprint density at radius 1 is 1.47 bits per heavy atom. The van der Waals surface area contributed by atoms with Crippen LogP contribution in [-0.2, 0) is 4.79 Å². The number of halogens is 2. The second-order valence-corrected chi connectivity index (χ2v) is 5.19. The monoisotopic (exact) mass is 348 g/mol. The lowest BCUT2D eigenvalue weighted by molar-refractivity contribution is -0.137. The number of carboxylic acid groups (broad SMARTS) is 1. The first-order valence-electron chi connectivity index (χ1n) is 5.66. The Morgan fingerprint density at radius 3 is 2.74 bits per heavy atom. The van der Waals surface area contributed by atoms with Gasteiger partial charge in [0.25, 0.3) is 0 Å². The Kier molecular flexibility index (Phi) is 6.11. The summed E-state index contributed by atoms with van der Waals surface area (Å²) in [5.74, 6) is -1.05. The molecule has 0 bridgehead atoms. The van der Waals surface area contributed by atoms with E-state index < -0.39 is 12.0 Å². The van der Waals surface area contributed by atoms with E-state index in [0.29, 0.717) is 23.7 Å². The zero-order valence-electron chi connectivity index (χ0n) is 10.3. The van der Waals surface area contributed by atoms with Crippen LogP contribution in [0, 0.1) is 0 Å². The smallest absolute Gasteiger partial charge is 0.323 e. The third-order valence-corrected chi connectivity index (χ3v) is 3.10. The van der Waals surface area contributed by atoms with Gasteiger partial charge in [0.05, 0.1) is 10.7 Å². The largest absolute Gasteiger partial charge is 0.480 e. The van der Waals surface area contributed by atoms with Gasteiger partial charge in [0.1, 0.15) is 6.54 Å². The minimum absolute atomic E-state index is 0.342. The number of carboxylic acids is 1. The normalized spacial score (nSPS) is 10.1. The fourth-order valence-electron chi connectivity index (χ4n) is 1.47. The molecule has 0 aliphatic carbocycles. The number of urea groups is 1. The molecule has 0 spiro atoms. The topological polar surface area (TPSA) is 69.6 Å². The van der Waals surface area contributed by atoms with Crippen molar-refractivity contribution in [2.24, 2.45) is 0 Å². The van der Waals surface area contributed by atoms with E-state index in [1.54, 1.807) is 18.2 Å². The van der Waals surface area contributed by atoms with Gasteiger partial charge in [0.2, 0.25) is 0 Å². The van der Waals surface area contributed by atoms with Crippen LogP contribution in [-0.4, -0.2) is 35.1 Å². The molecule has 1 aromatic rings. The lowest BCUT2D eigenvalue weighted by atomic mass is 10.3. The predicted molar refractivity (Wildman–Crippen MR) is 77.7 cm³/mol. The van der Waals surface area contributed by atoms with Gasteiger partial charge in [0.15, 0.2) is 0 Å². The highest BCUT2D eigenvalue weighted by Gasteiger charge is 2.16. The van der Waals surface area contributed by atoms with Crippen molar-refractivity contribution in [3.05, 3.63) is 27.7 Å². The highest BCUT2D eigenvalue weighted by atomic mass is 79.9. The van der Waals surface area contributed by atoms with Crippen LogP contribution in [0.1, 0.15) is 13.3 Å². The van der Waals surface area contributed by atoms with Gasteiger partial charge in [-0.15, -0.1) is 0 Å². The molecule has 0 saturated heterocycles. The maximum absolute atomic E-state index is 12.0. The second-order valence-electron chi connectivity index (χ2n) is 3.87. The number of rotatable bonds is 5. The summed E-state index contributed by atoms with van der Waals surface area (Å²) in [5, 5.41) is 11.8. The average Bonchev–Trinajstić information content (AvgIpc) is 2.32. The predicted octanol–water partition coefficient (Wildman–Crippen LogP) is 3.43. The molecule has 2 amide bonds. The Hall–Kier alpha value is -1.27. The van der Waals surface area contributed by atoms with E-state index >= 15 is 0 Å². The van der Waals surface area contributed by atoms with Crippen LogP contribution in [0.4, 0.5) is 10.5 Å². The number of anilines is 1. The van der Waals surface area contributed by atoms with Crippen molar-refractivity contribution >= 4 is 45.2 Å². The van der Waals surface area contributed by atoms with Crippen LogP contribution in [0.2, 0.25) is 5.02 Å². The van der Waals surface area contributed by atoms with Crippen LogP contribution < -0.4 is 5.32 Å². The van der Waals surface area contributed by atoms with Crippen molar-refractivity contribution in [3.63, 3.8) is 0 Å². The van der Waals surface area contributed by atoms with Crippen LogP contribution in [0.5, 0.6) is 0 Å². The molecule has 1 aromatic carbocycles. The highest BCUT2D eigenvalue weighted by molar-refractivity contribution is 9.10. The first kappa shape index (κ1) is 15.8. The first-order valence-corrected chi connectivity index (χ1v) is 6.84. The number of carbonyl (C=O) groups is 2. The summed E-state index contributed by atoms with van der Waals surface area (Å²) in [6.45, 7) is 1.89. The third kappa shape index (κ3) is 5.08. The van der Waals surface area contributed by atoms with Crippen LogP contribution in [0.15, 0.2) is 22.7 Å². The van der Waals surface area contributed by atoms with Crippen LogP contribution >= 0.6 is 27.5 Å². The van der Waals surface area contributed by atoms with Crippen molar-refractivity contribution in [1.82, 2.24) is 4.90 Å². The van der Waals surface area contributed by atoms with Gasteiger partial charge in [-0.2, -0.15) is 0 Å². The summed E-state index contributed by atoms with van der Waals surface area (Å²) in [6.07, 6.45) is 0.674. The summed E-state index contributed by atoms with van der Waals surface area (Å²) in [7, 11) is 0. The van der Waals surface area contributed by atoms with E-state index in [1.807, 2.05) is 6.92 Å². The number of nitrogens with one attached hydrogen (secondary N) is 1. The molecule has 0 aliphatic heterocycles. The second kappa shape index (κ2) is 7.35. The van der Waals surface area contributed by atoms with Gasteiger partial charge in [-0.05, 0) is 24.6 Å². The fraction of sp³-hybridized carbons (Fsp3) is 0.333. The highest BCUT2D eigenvalue weighted by Crippen LogP contribution is 2.25. The van der Waals surface area contributed by atoms with Crippen molar-refractivity contribution in [2.45, 2.75) is 13.3 Å². The molecule has 0 saturated carbocycles. The molecule has 0 fully saturated rings. The summed E-state index contributed by atoms with van der Waals surface area (Å²) in [6, 6.07) is 4.57. The molecule has 1 rings (SSSR count). The minimum atomic E-state index is -1.05. The van der Waals surface area contributed by atoms with Crippen molar-refractivity contribution in [3.8, 4) is 0 Å². The zero-order valence-corrected chi connectivity index (χ0v) is 12.7. The van der Waals surface area contributed by atoms with E-state index in [0.717, 1.165) is 4.47 Å². The Labute approximate surface area is 124 Å². The Morgan fingerprint density at radius 2 is 2.16 bits per heavy atom. The van der Waals surface area contributed by atoms with Gasteiger partial charge in [0, 0.05) is 11.0 Å². The van der Waals surface area contributed by atoms with Crippen molar-refractivity contribution in [2.75, 3.05) is 18.4 Å². The molecule has 0 unspecified atom stereocenters. The number of carbonyl (C=O) groups excluding carboxylic acids is 1. The molecular weight excluding hydrogens is 336 g/mol. The molecule has 7 heteroatoms. The molecule has 0 aliphatic rings. The molecule has 0 aromatic heterocycles. The van der Waals surface area contributed by atoms with Gasteiger partial charge in [-0.1, -0.05) is 34.5 Å². The minimum Gasteiger partial charge on any atom is -0.480 e. The zero-order chi connectivity index (χ0) is 14.4. The SMILES string of the molecule is CCCN(CC(=O)O)C(=O)Nc1cc(Br)ccc1Cl. The van der Waals surface area contributed by atoms with Crippen molar-refractivity contribution < 1.29 is 14.7 Å². The molecule has 0 atom stereocenters. The number of amides is 2. The fourth-order valence-corrected chi connectivity index (χ4v) is 2.00. The summed E-state index contributed by atoms with van der Waals surface area (Å²) < 4.78 is 0.771. The summed E-state index contributed by atoms with van der Waals surface area (Å²) >= 11 is 9.23. The third-order valence-electron chi connectivity index (χ3n) is 2.28. The average molecular weight is 350 g/mol. The maximum Gasteiger partial charge on any atom is 0.323 e. The molecule has 0 radical (unpaired) electrons. The molecule has 104 valence electrons. The first-order chi connectivity index (χ1) is 8.93. The number of hydrogen-bond donors (Lipinski definition) is 2. The molecule has 19 heavy (non-hydrogen) atoms. The number of benzene rings is 1. The summed E-state index contributed by atoms with van der Waals surface area (Å²) in [4.78, 5) is 23.9. The van der Waals surface area contributed by atoms with Crippen LogP contribution in [0.25, 0.3) is 0 Å². The molecular formula is C12H14BrClN2O3. The van der Waals surface area contributed by atoms with E-state index in [-0.39, 0.29) is 6.54 Å². The summed E-state index contributed by atoms with van der Waals surface area (Å²) in [5.41, 5.74) is 0.438. The number of nitrogens with zero attached hydrogens (tertiary/aromatic N) is 1. The Balaban J connectivity index is 2.80. The van der Waals surface area contributed by atoms with Gasteiger partial charge in [-0.25, -0.2) is 4.79 Å². The Bertz CT molecular complexity index is 482.